The van der Waals surface area contributed by atoms with E-state index in [1.165, 1.54) is 0 Å². The van der Waals surface area contributed by atoms with Crippen molar-refractivity contribution in [3.05, 3.63) is 21.8 Å². The Bertz CT molecular complexity index is 367. The second-order valence-electron chi connectivity index (χ2n) is 2.89. The van der Waals surface area contributed by atoms with Crippen LogP contribution in [0, 0.1) is 3.57 Å². The highest BCUT2D eigenvalue weighted by atomic mass is 127. The lowest BCUT2D eigenvalue weighted by Gasteiger charge is -2.21. The smallest absolute Gasteiger partial charge is 0.237 e. The standard InChI is InChI=1S/C9H8INOS/c1-5-9(12)11-7-4-6(10)2-3-8(7)13-5/h2-5H,1H3,(H,11,12). The topological polar surface area (TPSA) is 29.1 Å². The fourth-order valence-corrected chi connectivity index (χ4v) is 2.60. The maximum Gasteiger partial charge on any atom is 0.237 e. The van der Waals surface area contributed by atoms with Crippen LogP contribution in [0.1, 0.15) is 6.92 Å². The molecule has 0 fully saturated rings. The van der Waals surface area contributed by atoms with Crippen molar-refractivity contribution in [2.24, 2.45) is 0 Å². The Kier molecular flexibility index (Phi) is 2.51. The molecule has 1 atom stereocenters. The van der Waals surface area contributed by atoms with E-state index in [-0.39, 0.29) is 11.2 Å². The van der Waals surface area contributed by atoms with E-state index >= 15 is 0 Å². The molecular formula is C9H8INOS. The molecule has 1 aliphatic heterocycles. The summed E-state index contributed by atoms with van der Waals surface area (Å²) in [7, 11) is 0. The van der Waals surface area contributed by atoms with Crippen LogP contribution in [0.3, 0.4) is 0 Å². The van der Waals surface area contributed by atoms with Crippen molar-refractivity contribution in [2.75, 3.05) is 5.32 Å². The zero-order chi connectivity index (χ0) is 9.42. The van der Waals surface area contributed by atoms with E-state index in [4.69, 9.17) is 0 Å². The van der Waals surface area contributed by atoms with E-state index in [0.717, 1.165) is 14.2 Å². The average Bonchev–Trinajstić information content (AvgIpc) is 2.08. The third-order valence-electron chi connectivity index (χ3n) is 1.87. The quantitative estimate of drug-likeness (QED) is 0.747. The summed E-state index contributed by atoms with van der Waals surface area (Å²) in [4.78, 5) is 12.5. The van der Waals surface area contributed by atoms with E-state index in [9.17, 15) is 4.79 Å². The molecule has 1 heterocycles. The second-order valence-corrected chi connectivity index (χ2v) is 5.52. The van der Waals surface area contributed by atoms with Crippen molar-refractivity contribution in [3.8, 4) is 0 Å². The first-order valence-corrected chi connectivity index (χ1v) is 5.90. The lowest BCUT2D eigenvalue weighted by atomic mass is 10.3. The van der Waals surface area contributed by atoms with Crippen LogP contribution in [-0.2, 0) is 4.79 Å². The largest absolute Gasteiger partial charge is 0.324 e. The molecule has 0 bridgehead atoms. The molecular weight excluding hydrogens is 297 g/mol. The Morgan fingerprint density at radius 2 is 2.31 bits per heavy atom. The number of nitrogens with one attached hydrogen (secondary N) is 1. The molecule has 1 unspecified atom stereocenters. The van der Waals surface area contributed by atoms with Gasteiger partial charge >= 0.3 is 0 Å². The highest BCUT2D eigenvalue weighted by Crippen LogP contribution is 2.35. The summed E-state index contributed by atoms with van der Waals surface area (Å²) < 4.78 is 1.15. The maximum absolute atomic E-state index is 11.3. The summed E-state index contributed by atoms with van der Waals surface area (Å²) in [5.41, 5.74) is 0.944. The molecule has 4 heteroatoms. The molecule has 13 heavy (non-hydrogen) atoms. The predicted molar refractivity (Wildman–Crippen MR) is 63.1 cm³/mol. The van der Waals surface area contributed by atoms with Crippen LogP contribution in [0.25, 0.3) is 0 Å². The van der Waals surface area contributed by atoms with Crippen LogP contribution in [0.4, 0.5) is 5.69 Å². The second kappa shape index (κ2) is 3.49. The van der Waals surface area contributed by atoms with Gasteiger partial charge in [-0.3, -0.25) is 4.79 Å². The summed E-state index contributed by atoms with van der Waals surface area (Å²) >= 11 is 3.85. The Labute approximate surface area is 94.6 Å². The van der Waals surface area contributed by atoms with E-state index in [2.05, 4.69) is 40.0 Å². The third kappa shape index (κ3) is 1.83. The number of halogens is 1. The summed E-state index contributed by atoms with van der Waals surface area (Å²) in [6.45, 7) is 1.92. The van der Waals surface area contributed by atoms with Gasteiger partial charge in [0.25, 0.3) is 0 Å². The molecule has 2 rings (SSSR count). The molecule has 1 N–H and O–H groups in total. The van der Waals surface area contributed by atoms with Gasteiger partial charge in [0.1, 0.15) is 0 Å². The molecule has 68 valence electrons. The first kappa shape index (κ1) is 9.33. The van der Waals surface area contributed by atoms with Crippen LogP contribution in [0.5, 0.6) is 0 Å². The first-order chi connectivity index (χ1) is 6.16. The van der Waals surface area contributed by atoms with Gasteiger partial charge in [0, 0.05) is 8.47 Å². The number of hydrogen-bond acceptors (Lipinski definition) is 2. The number of benzene rings is 1. The van der Waals surface area contributed by atoms with Gasteiger partial charge < -0.3 is 5.32 Å². The zero-order valence-electron chi connectivity index (χ0n) is 7.00. The van der Waals surface area contributed by atoms with Gasteiger partial charge in [-0.05, 0) is 47.7 Å². The number of hydrogen-bond donors (Lipinski definition) is 1. The van der Waals surface area contributed by atoms with E-state index in [1.807, 2.05) is 13.0 Å². The first-order valence-electron chi connectivity index (χ1n) is 3.94. The lowest BCUT2D eigenvalue weighted by Crippen LogP contribution is -2.26. The minimum atomic E-state index is 0.0209. The molecule has 1 amide bonds. The minimum Gasteiger partial charge on any atom is -0.324 e. The molecule has 1 aromatic carbocycles. The van der Waals surface area contributed by atoms with Gasteiger partial charge in [0.2, 0.25) is 5.91 Å². The Morgan fingerprint density at radius 1 is 1.54 bits per heavy atom. The van der Waals surface area contributed by atoms with Crippen LogP contribution >= 0.6 is 34.4 Å². The molecule has 2 nitrogen and oxygen atoms in total. The predicted octanol–water partition coefficient (Wildman–Crippen LogP) is 2.72. The normalized spacial score (nSPS) is 20.8. The van der Waals surface area contributed by atoms with E-state index < -0.39 is 0 Å². The number of carbonyl (C=O) groups excluding carboxylic acids is 1. The van der Waals surface area contributed by atoms with Gasteiger partial charge in [-0.1, -0.05) is 0 Å². The van der Waals surface area contributed by atoms with Gasteiger partial charge in [-0.2, -0.15) is 0 Å². The highest BCUT2D eigenvalue weighted by molar-refractivity contribution is 14.1. The fourth-order valence-electron chi connectivity index (χ4n) is 1.18. The number of rotatable bonds is 0. The summed E-state index contributed by atoms with van der Waals surface area (Å²) in [5.74, 6) is 0.0968. The molecule has 0 radical (unpaired) electrons. The summed E-state index contributed by atoms with van der Waals surface area (Å²) in [5, 5.41) is 2.91. The number of amides is 1. The molecule has 0 saturated carbocycles. The lowest BCUT2D eigenvalue weighted by molar-refractivity contribution is -0.115. The zero-order valence-corrected chi connectivity index (χ0v) is 9.98. The maximum atomic E-state index is 11.3. The average molecular weight is 305 g/mol. The van der Waals surface area contributed by atoms with Crippen molar-refractivity contribution in [1.82, 2.24) is 0 Å². The number of anilines is 1. The monoisotopic (exact) mass is 305 g/mol. The summed E-state index contributed by atoms with van der Waals surface area (Å²) in [6, 6.07) is 6.10. The van der Waals surface area contributed by atoms with Crippen LogP contribution in [0.2, 0.25) is 0 Å². The number of fused-ring (bicyclic) bond motifs is 1. The van der Waals surface area contributed by atoms with Crippen molar-refractivity contribution in [2.45, 2.75) is 17.1 Å². The Hall–Kier alpha value is -0.230. The Balaban J connectivity index is 2.42. The van der Waals surface area contributed by atoms with Crippen LogP contribution in [-0.4, -0.2) is 11.2 Å². The van der Waals surface area contributed by atoms with Gasteiger partial charge in [0.05, 0.1) is 10.9 Å². The van der Waals surface area contributed by atoms with Crippen molar-refractivity contribution < 1.29 is 4.79 Å². The van der Waals surface area contributed by atoms with Crippen molar-refractivity contribution >= 4 is 45.9 Å². The third-order valence-corrected chi connectivity index (χ3v) is 3.72. The molecule has 0 spiro atoms. The molecule has 0 aromatic heterocycles. The summed E-state index contributed by atoms with van der Waals surface area (Å²) in [6.07, 6.45) is 0. The fraction of sp³-hybridized carbons (Fsp3) is 0.222. The highest BCUT2D eigenvalue weighted by Gasteiger charge is 2.22. The van der Waals surface area contributed by atoms with E-state index in [1.54, 1.807) is 11.8 Å². The number of thioether (sulfide) groups is 1. The molecule has 0 aliphatic carbocycles. The number of carbonyl (C=O) groups is 1. The van der Waals surface area contributed by atoms with Gasteiger partial charge in [-0.15, -0.1) is 11.8 Å². The van der Waals surface area contributed by atoms with Crippen molar-refractivity contribution in [1.29, 1.82) is 0 Å². The van der Waals surface area contributed by atoms with Gasteiger partial charge in [0.15, 0.2) is 0 Å². The Morgan fingerprint density at radius 3 is 3.08 bits per heavy atom. The van der Waals surface area contributed by atoms with Gasteiger partial charge in [-0.25, -0.2) is 0 Å². The molecule has 0 saturated heterocycles. The van der Waals surface area contributed by atoms with Crippen LogP contribution in [0.15, 0.2) is 23.1 Å². The molecule has 1 aliphatic rings. The van der Waals surface area contributed by atoms with Crippen molar-refractivity contribution in [3.63, 3.8) is 0 Å². The minimum absolute atomic E-state index is 0.0209. The SMILES string of the molecule is CC1Sc2ccc(I)cc2NC1=O. The van der Waals surface area contributed by atoms with Crippen LogP contribution < -0.4 is 5.32 Å². The molecule has 1 aromatic rings. The van der Waals surface area contributed by atoms with E-state index in [0.29, 0.717) is 0 Å².